The summed E-state index contributed by atoms with van der Waals surface area (Å²) in [4.78, 5) is 15.5. The van der Waals surface area contributed by atoms with Gasteiger partial charge in [-0.25, -0.2) is 0 Å². The van der Waals surface area contributed by atoms with Crippen LogP contribution >= 0.6 is 24.0 Å². The lowest BCUT2D eigenvalue weighted by molar-refractivity contribution is -0.122. The van der Waals surface area contributed by atoms with E-state index in [-0.39, 0.29) is 11.9 Å². The standard InChI is InChI=1S/C21H20N2O2S2/c1-25-19-12-14(7-8-15(19)13-27-17-5-3-2-4-6-17)11-18-20(24)23(16-9-10-16)21(26)22-18/h2-8,11-12,16H,9-10,13H2,1H3,(H,22,26)/b18-11+. The largest absolute Gasteiger partial charge is 0.496 e. The third-order valence-electron chi connectivity index (χ3n) is 4.58. The molecule has 1 aliphatic carbocycles. The maximum absolute atomic E-state index is 12.6. The van der Waals surface area contributed by atoms with Crippen molar-refractivity contribution in [3.05, 3.63) is 65.4 Å². The highest BCUT2D eigenvalue weighted by Gasteiger charge is 2.41. The first-order valence-electron chi connectivity index (χ1n) is 8.86. The van der Waals surface area contributed by atoms with Crippen molar-refractivity contribution in [2.45, 2.75) is 29.5 Å². The van der Waals surface area contributed by atoms with Gasteiger partial charge in [0.1, 0.15) is 11.4 Å². The van der Waals surface area contributed by atoms with E-state index in [2.05, 4.69) is 23.5 Å². The summed E-state index contributed by atoms with van der Waals surface area (Å²) >= 11 is 7.07. The molecule has 4 nitrogen and oxygen atoms in total. The van der Waals surface area contributed by atoms with Gasteiger partial charge < -0.3 is 10.1 Å². The highest BCUT2D eigenvalue weighted by molar-refractivity contribution is 7.98. The fraction of sp³-hybridized carbons (Fsp3) is 0.238. The molecule has 1 N–H and O–H groups in total. The molecule has 1 amide bonds. The Kier molecular flexibility index (Phi) is 5.18. The second kappa shape index (κ2) is 7.74. The number of nitrogens with one attached hydrogen (secondary N) is 1. The van der Waals surface area contributed by atoms with Crippen LogP contribution in [0, 0.1) is 0 Å². The van der Waals surface area contributed by atoms with E-state index in [0.717, 1.165) is 35.5 Å². The van der Waals surface area contributed by atoms with E-state index >= 15 is 0 Å². The average Bonchev–Trinajstić information content (AvgIpc) is 3.48. The molecule has 2 aromatic carbocycles. The van der Waals surface area contributed by atoms with Gasteiger partial charge in [-0.1, -0.05) is 30.3 Å². The van der Waals surface area contributed by atoms with Gasteiger partial charge in [-0.2, -0.15) is 0 Å². The summed E-state index contributed by atoms with van der Waals surface area (Å²) in [5.41, 5.74) is 2.56. The molecular formula is C21H20N2O2S2. The molecule has 1 heterocycles. The second-order valence-electron chi connectivity index (χ2n) is 6.57. The van der Waals surface area contributed by atoms with Crippen LogP contribution in [0.3, 0.4) is 0 Å². The minimum Gasteiger partial charge on any atom is -0.496 e. The Morgan fingerprint density at radius 1 is 1.26 bits per heavy atom. The number of nitrogens with zero attached hydrogens (tertiary/aromatic N) is 1. The van der Waals surface area contributed by atoms with E-state index in [1.807, 2.05) is 36.4 Å². The van der Waals surface area contributed by atoms with E-state index in [9.17, 15) is 4.79 Å². The van der Waals surface area contributed by atoms with Crippen LogP contribution in [0.2, 0.25) is 0 Å². The van der Waals surface area contributed by atoms with E-state index in [1.165, 1.54) is 4.90 Å². The number of rotatable bonds is 6. The Bertz CT molecular complexity index is 908. The van der Waals surface area contributed by atoms with Crippen LogP contribution in [0.25, 0.3) is 6.08 Å². The highest BCUT2D eigenvalue weighted by atomic mass is 32.2. The molecule has 2 fully saturated rings. The molecule has 0 radical (unpaired) electrons. The van der Waals surface area contributed by atoms with Crippen molar-refractivity contribution < 1.29 is 9.53 Å². The normalized spacial score (nSPS) is 18.1. The van der Waals surface area contributed by atoms with Gasteiger partial charge in [-0.15, -0.1) is 11.8 Å². The third kappa shape index (κ3) is 4.01. The SMILES string of the molecule is COc1cc(/C=C2/NC(=S)N(C3CC3)C2=O)ccc1CSc1ccccc1. The van der Waals surface area contributed by atoms with Gasteiger partial charge in [-0.05, 0) is 54.9 Å². The summed E-state index contributed by atoms with van der Waals surface area (Å²) in [5, 5.41) is 3.56. The first-order chi connectivity index (χ1) is 13.2. The minimum absolute atomic E-state index is 0.0369. The molecule has 2 aliphatic rings. The minimum atomic E-state index is -0.0369. The lowest BCUT2D eigenvalue weighted by Crippen LogP contribution is -2.32. The summed E-state index contributed by atoms with van der Waals surface area (Å²) in [5.74, 6) is 1.60. The number of hydrogen-bond acceptors (Lipinski definition) is 4. The summed E-state index contributed by atoms with van der Waals surface area (Å²) in [6.45, 7) is 0. The van der Waals surface area contributed by atoms with Crippen molar-refractivity contribution >= 4 is 41.1 Å². The first kappa shape index (κ1) is 18.1. The summed E-state index contributed by atoms with van der Waals surface area (Å²) in [6.07, 6.45) is 3.90. The molecule has 6 heteroatoms. The van der Waals surface area contributed by atoms with Gasteiger partial charge in [0, 0.05) is 22.3 Å². The average molecular weight is 397 g/mol. The van der Waals surface area contributed by atoms with Crippen LogP contribution in [-0.2, 0) is 10.5 Å². The zero-order valence-electron chi connectivity index (χ0n) is 15.0. The fourth-order valence-electron chi connectivity index (χ4n) is 3.03. The predicted molar refractivity (Wildman–Crippen MR) is 113 cm³/mol. The maximum atomic E-state index is 12.6. The molecule has 0 aromatic heterocycles. The number of thioether (sulfide) groups is 1. The van der Waals surface area contributed by atoms with E-state index in [0.29, 0.717) is 10.8 Å². The summed E-state index contributed by atoms with van der Waals surface area (Å²) < 4.78 is 5.57. The molecular weight excluding hydrogens is 376 g/mol. The number of thiocarbonyl (C=S) groups is 1. The molecule has 1 saturated heterocycles. The van der Waals surface area contributed by atoms with Crippen LogP contribution in [-0.4, -0.2) is 29.1 Å². The second-order valence-corrected chi connectivity index (χ2v) is 8.00. The number of carbonyl (C=O) groups excluding carboxylic acids is 1. The molecule has 1 saturated carbocycles. The van der Waals surface area contributed by atoms with Crippen LogP contribution in [0.1, 0.15) is 24.0 Å². The first-order valence-corrected chi connectivity index (χ1v) is 10.3. The number of methoxy groups -OCH3 is 1. The van der Waals surface area contributed by atoms with Crippen molar-refractivity contribution in [1.29, 1.82) is 0 Å². The lowest BCUT2D eigenvalue weighted by Gasteiger charge is -2.11. The third-order valence-corrected chi connectivity index (χ3v) is 5.94. The van der Waals surface area contributed by atoms with Crippen LogP contribution in [0.15, 0.2) is 59.1 Å². The Morgan fingerprint density at radius 3 is 2.74 bits per heavy atom. The van der Waals surface area contributed by atoms with E-state index in [4.69, 9.17) is 17.0 Å². The number of ether oxygens (including phenoxy) is 1. The van der Waals surface area contributed by atoms with Crippen LogP contribution in [0.5, 0.6) is 5.75 Å². The van der Waals surface area contributed by atoms with Crippen LogP contribution in [0.4, 0.5) is 0 Å². The maximum Gasteiger partial charge on any atom is 0.276 e. The summed E-state index contributed by atoms with van der Waals surface area (Å²) in [6, 6.07) is 16.6. The molecule has 2 aromatic rings. The summed E-state index contributed by atoms with van der Waals surface area (Å²) in [7, 11) is 1.67. The monoisotopic (exact) mass is 396 g/mol. The number of benzene rings is 2. The number of amides is 1. The molecule has 4 rings (SSSR count). The molecule has 0 atom stereocenters. The zero-order chi connectivity index (χ0) is 18.8. The fourth-order valence-corrected chi connectivity index (χ4v) is 4.28. The Labute approximate surface area is 168 Å². The van der Waals surface area contributed by atoms with Gasteiger partial charge in [0.2, 0.25) is 0 Å². The van der Waals surface area contributed by atoms with Crippen molar-refractivity contribution in [2.24, 2.45) is 0 Å². The Hall–Kier alpha value is -2.31. The van der Waals surface area contributed by atoms with Gasteiger partial charge in [0.15, 0.2) is 5.11 Å². The lowest BCUT2D eigenvalue weighted by atomic mass is 10.1. The van der Waals surface area contributed by atoms with Gasteiger partial charge >= 0.3 is 0 Å². The topological polar surface area (TPSA) is 41.6 Å². The molecule has 27 heavy (non-hydrogen) atoms. The molecule has 1 aliphatic heterocycles. The highest BCUT2D eigenvalue weighted by Crippen LogP contribution is 2.32. The number of hydrogen-bond donors (Lipinski definition) is 1. The molecule has 0 spiro atoms. The zero-order valence-corrected chi connectivity index (χ0v) is 16.6. The molecule has 0 unspecified atom stereocenters. The van der Waals surface area contributed by atoms with Crippen molar-refractivity contribution in [2.75, 3.05) is 7.11 Å². The van der Waals surface area contributed by atoms with E-state index < -0.39 is 0 Å². The smallest absolute Gasteiger partial charge is 0.276 e. The van der Waals surface area contributed by atoms with E-state index in [1.54, 1.807) is 23.8 Å². The van der Waals surface area contributed by atoms with Crippen molar-refractivity contribution in [3.8, 4) is 5.75 Å². The van der Waals surface area contributed by atoms with Crippen LogP contribution < -0.4 is 10.1 Å². The van der Waals surface area contributed by atoms with Gasteiger partial charge in [0.05, 0.1) is 7.11 Å². The van der Waals surface area contributed by atoms with Gasteiger partial charge in [0.25, 0.3) is 5.91 Å². The van der Waals surface area contributed by atoms with Gasteiger partial charge in [-0.3, -0.25) is 9.69 Å². The Balaban J connectivity index is 1.51. The Morgan fingerprint density at radius 2 is 2.04 bits per heavy atom. The molecule has 138 valence electrons. The van der Waals surface area contributed by atoms with Crippen molar-refractivity contribution in [1.82, 2.24) is 10.2 Å². The van der Waals surface area contributed by atoms with Crippen molar-refractivity contribution in [3.63, 3.8) is 0 Å². The molecule has 0 bridgehead atoms. The predicted octanol–water partition coefficient (Wildman–Crippen LogP) is 4.21. The number of carbonyl (C=O) groups is 1. The quantitative estimate of drug-likeness (QED) is 0.450.